The molecular formula is C8H10N2S. The fourth-order valence-electron chi connectivity index (χ4n) is 1.32. The van der Waals surface area contributed by atoms with Gasteiger partial charge >= 0.3 is 0 Å². The van der Waals surface area contributed by atoms with Crippen LogP contribution in [0.2, 0.25) is 0 Å². The zero-order valence-corrected chi connectivity index (χ0v) is 7.53. The summed E-state index contributed by atoms with van der Waals surface area (Å²) in [4.78, 5) is 10.1. The van der Waals surface area contributed by atoms with Crippen LogP contribution >= 0.6 is 11.3 Å². The van der Waals surface area contributed by atoms with E-state index in [-0.39, 0.29) is 0 Å². The molecule has 0 saturated carbocycles. The lowest BCUT2D eigenvalue weighted by molar-refractivity contribution is 0.907. The van der Waals surface area contributed by atoms with E-state index in [9.17, 15) is 0 Å². The van der Waals surface area contributed by atoms with E-state index in [1.165, 1.54) is 10.6 Å². The van der Waals surface area contributed by atoms with Gasteiger partial charge in [-0.2, -0.15) is 0 Å². The SMILES string of the molecule is CC1=NCCc2nc(C)sc21. The highest BCUT2D eigenvalue weighted by molar-refractivity contribution is 7.13. The predicted molar refractivity (Wildman–Crippen MR) is 47.6 cm³/mol. The Labute approximate surface area is 70.0 Å². The van der Waals surface area contributed by atoms with Crippen molar-refractivity contribution in [2.75, 3.05) is 6.54 Å². The first-order valence-corrected chi connectivity index (χ1v) is 4.57. The minimum atomic E-state index is 0.919. The third-order valence-electron chi connectivity index (χ3n) is 1.83. The van der Waals surface area contributed by atoms with Gasteiger partial charge in [0.1, 0.15) is 0 Å². The van der Waals surface area contributed by atoms with Crippen LogP contribution in [0.15, 0.2) is 4.99 Å². The molecule has 1 aliphatic heterocycles. The molecular weight excluding hydrogens is 156 g/mol. The second kappa shape index (κ2) is 2.41. The fourth-order valence-corrected chi connectivity index (χ4v) is 2.25. The lowest BCUT2D eigenvalue weighted by Gasteiger charge is -2.05. The molecule has 2 heterocycles. The molecule has 0 aromatic carbocycles. The summed E-state index contributed by atoms with van der Waals surface area (Å²) in [6, 6.07) is 0. The van der Waals surface area contributed by atoms with Gasteiger partial charge in [-0.15, -0.1) is 11.3 Å². The van der Waals surface area contributed by atoms with Gasteiger partial charge < -0.3 is 0 Å². The molecule has 1 aromatic heterocycles. The van der Waals surface area contributed by atoms with Crippen molar-refractivity contribution in [3.63, 3.8) is 0 Å². The van der Waals surface area contributed by atoms with Gasteiger partial charge in [-0.3, -0.25) is 4.99 Å². The summed E-state index contributed by atoms with van der Waals surface area (Å²) in [6.07, 6.45) is 1.02. The molecule has 58 valence electrons. The van der Waals surface area contributed by atoms with Gasteiger partial charge in [0.05, 0.1) is 21.3 Å². The number of nitrogens with zero attached hydrogens (tertiary/aromatic N) is 2. The summed E-state index contributed by atoms with van der Waals surface area (Å²) in [5.41, 5.74) is 2.41. The van der Waals surface area contributed by atoms with Crippen molar-refractivity contribution in [1.29, 1.82) is 0 Å². The number of rotatable bonds is 0. The Bertz CT molecular complexity index is 312. The standard InChI is InChI=1S/C8H10N2S/c1-5-8-7(3-4-9-5)10-6(2)11-8/h3-4H2,1-2H3. The van der Waals surface area contributed by atoms with E-state index < -0.39 is 0 Å². The van der Waals surface area contributed by atoms with Crippen LogP contribution in [0.5, 0.6) is 0 Å². The molecule has 0 amide bonds. The van der Waals surface area contributed by atoms with E-state index in [1.807, 2.05) is 0 Å². The fraction of sp³-hybridized carbons (Fsp3) is 0.500. The molecule has 0 aliphatic carbocycles. The number of aryl methyl sites for hydroxylation is 1. The quantitative estimate of drug-likeness (QED) is 0.577. The molecule has 0 N–H and O–H groups in total. The van der Waals surface area contributed by atoms with E-state index in [4.69, 9.17) is 0 Å². The van der Waals surface area contributed by atoms with Crippen molar-refractivity contribution in [1.82, 2.24) is 4.98 Å². The lowest BCUT2D eigenvalue weighted by Crippen LogP contribution is -2.06. The van der Waals surface area contributed by atoms with E-state index in [1.54, 1.807) is 11.3 Å². The summed E-state index contributed by atoms with van der Waals surface area (Å²) in [6.45, 7) is 5.04. The average Bonchev–Trinajstić information content (AvgIpc) is 2.31. The molecule has 0 spiro atoms. The van der Waals surface area contributed by atoms with Crippen LogP contribution in [-0.2, 0) is 6.42 Å². The molecule has 3 heteroatoms. The molecule has 0 unspecified atom stereocenters. The molecule has 1 aliphatic rings. The summed E-state index contributed by atoms with van der Waals surface area (Å²) < 4.78 is 0. The minimum absolute atomic E-state index is 0.919. The first-order valence-electron chi connectivity index (χ1n) is 3.75. The van der Waals surface area contributed by atoms with E-state index in [0.717, 1.165) is 23.7 Å². The Hall–Kier alpha value is -0.700. The molecule has 2 nitrogen and oxygen atoms in total. The maximum Gasteiger partial charge on any atom is 0.0904 e. The van der Waals surface area contributed by atoms with Gasteiger partial charge in [-0.25, -0.2) is 4.98 Å². The molecule has 1 aromatic rings. The van der Waals surface area contributed by atoms with Gasteiger partial charge in [0.2, 0.25) is 0 Å². The predicted octanol–water partition coefficient (Wildman–Crippen LogP) is 1.82. The summed E-state index contributed by atoms with van der Waals surface area (Å²) >= 11 is 1.76. The first-order chi connectivity index (χ1) is 5.27. The van der Waals surface area contributed by atoms with Crippen LogP contribution in [0.25, 0.3) is 0 Å². The van der Waals surface area contributed by atoms with Gasteiger partial charge in [-0.1, -0.05) is 0 Å². The molecule has 0 radical (unpaired) electrons. The maximum atomic E-state index is 4.44. The first kappa shape index (κ1) is 6.98. The summed E-state index contributed by atoms with van der Waals surface area (Å²) in [5.74, 6) is 0. The molecule has 0 atom stereocenters. The van der Waals surface area contributed by atoms with Crippen LogP contribution in [0.3, 0.4) is 0 Å². The van der Waals surface area contributed by atoms with Gasteiger partial charge in [0, 0.05) is 13.0 Å². The van der Waals surface area contributed by atoms with Gasteiger partial charge in [0.15, 0.2) is 0 Å². The summed E-state index contributed by atoms with van der Waals surface area (Å²) in [7, 11) is 0. The van der Waals surface area contributed by atoms with Crippen molar-refractivity contribution >= 4 is 17.0 Å². The highest BCUT2D eigenvalue weighted by Crippen LogP contribution is 2.22. The second-order valence-corrected chi connectivity index (χ2v) is 3.93. The normalized spacial score (nSPS) is 16.0. The van der Waals surface area contributed by atoms with E-state index in [2.05, 4.69) is 23.8 Å². The third kappa shape index (κ3) is 1.09. The van der Waals surface area contributed by atoms with Crippen molar-refractivity contribution in [3.05, 3.63) is 15.6 Å². The molecule has 0 fully saturated rings. The van der Waals surface area contributed by atoms with E-state index in [0.29, 0.717) is 0 Å². The number of aromatic nitrogens is 1. The molecule has 0 saturated heterocycles. The van der Waals surface area contributed by atoms with Crippen molar-refractivity contribution in [2.45, 2.75) is 20.3 Å². The molecule has 0 bridgehead atoms. The van der Waals surface area contributed by atoms with Crippen LogP contribution < -0.4 is 0 Å². The molecule has 11 heavy (non-hydrogen) atoms. The highest BCUT2D eigenvalue weighted by Gasteiger charge is 2.14. The van der Waals surface area contributed by atoms with Crippen molar-refractivity contribution in [2.24, 2.45) is 4.99 Å². The Balaban J connectivity index is 2.55. The zero-order valence-electron chi connectivity index (χ0n) is 6.72. The average molecular weight is 166 g/mol. The highest BCUT2D eigenvalue weighted by atomic mass is 32.1. The van der Waals surface area contributed by atoms with Crippen LogP contribution in [0, 0.1) is 6.92 Å². The van der Waals surface area contributed by atoms with Gasteiger partial charge in [0.25, 0.3) is 0 Å². The van der Waals surface area contributed by atoms with Crippen LogP contribution in [0.4, 0.5) is 0 Å². The van der Waals surface area contributed by atoms with Crippen LogP contribution in [-0.4, -0.2) is 17.2 Å². The Morgan fingerprint density at radius 1 is 1.36 bits per heavy atom. The maximum absolute atomic E-state index is 4.44. The van der Waals surface area contributed by atoms with Crippen LogP contribution in [0.1, 0.15) is 22.5 Å². The monoisotopic (exact) mass is 166 g/mol. The summed E-state index contributed by atoms with van der Waals surface area (Å²) in [5, 5.41) is 1.16. The minimum Gasteiger partial charge on any atom is -0.288 e. The largest absolute Gasteiger partial charge is 0.288 e. The smallest absolute Gasteiger partial charge is 0.0904 e. The zero-order chi connectivity index (χ0) is 7.84. The molecule has 2 rings (SSSR count). The Morgan fingerprint density at radius 2 is 2.18 bits per heavy atom. The number of hydrogen-bond acceptors (Lipinski definition) is 3. The Morgan fingerprint density at radius 3 is 2.91 bits per heavy atom. The Kier molecular flexibility index (Phi) is 1.53. The number of fused-ring (bicyclic) bond motifs is 1. The number of thiazole rings is 1. The van der Waals surface area contributed by atoms with E-state index >= 15 is 0 Å². The van der Waals surface area contributed by atoms with Gasteiger partial charge in [-0.05, 0) is 13.8 Å². The third-order valence-corrected chi connectivity index (χ3v) is 2.95. The second-order valence-electron chi connectivity index (χ2n) is 2.73. The number of aliphatic imine (C=N–C) groups is 1. The van der Waals surface area contributed by atoms with Crippen molar-refractivity contribution < 1.29 is 0 Å². The topological polar surface area (TPSA) is 25.2 Å². The van der Waals surface area contributed by atoms with Crippen molar-refractivity contribution in [3.8, 4) is 0 Å². The number of hydrogen-bond donors (Lipinski definition) is 0. The lowest BCUT2D eigenvalue weighted by atomic mass is 10.2.